The first kappa shape index (κ1) is 15.8. The summed E-state index contributed by atoms with van der Waals surface area (Å²) in [6.45, 7) is 4.99. The fourth-order valence-electron chi connectivity index (χ4n) is 2.12. The van der Waals surface area contributed by atoms with Gasteiger partial charge in [0.2, 0.25) is 5.91 Å². The highest BCUT2D eigenvalue weighted by Crippen LogP contribution is 2.22. The van der Waals surface area contributed by atoms with Gasteiger partial charge in [0.25, 0.3) is 0 Å². The van der Waals surface area contributed by atoms with Crippen LogP contribution in [-0.2, 0) is 14.6 Å². The average Bonchev–Trinajstić information content (AvgIpc) is 2.52. The smallest absolute Gasteiger partial charge is 0.240 e. The maximum absolute atomic E-state index is 12.2. The van der Waals surface area contributed by atoms with E-state index < -0.39 is 15.1 Å². The van der Waals surface area contributed by atoms with Crippen molar-refractivity contribution in [2.75, 3.05) is 25.1 Å². The van der Waals surface area contributed by atoms with Gasteiger partial charge in [-0.15, -0.1) is 0 Å². The molecule has 2 atom stereocenters. The minimum atomic E-state index is -3.29. The van der Waals surface area contributed by atoms with Crippen LogP contribution in [0.15, 0.2) is 0 Å². The maximum Gasteiger partial charge on any atom is 0.240 e. The van der Waals surface area contributed by atoms with Crippen LogP contribution in [0.25, 0.3) is 0 Å². The predicted molar refractivity (Wildman–Crippen MR) is 76.7 cm³/mol. The van der Waals surface area contributed by atoms with E-state index in [2.05, 4.69) is 6.92 Å². The average molecular weight is 293 g/mol. The molecule has 0 aromatic rings. The number of rotatable bonds is 4. The Labute approximate surface area is 114 Å². The SMILES string of the molecule is CCS[C@H]1CCCCN(C(=O)[C@H](C)S(C)(=O)=O)C1. The van der Waals surface area contributed by atoms with Gasteiger partial charge in [-0.05, 0) is 25.5 Å². The minimum absolute atomic E-state index is 0.235. The second-order valence-electron chi connectivity index (χ2n) is 4.83. The van der Waals surface area contributed by atoms with Gasteiger partial charge in [-0.3, -0.25) is 4.79 Å². The van der Waals surface area contributed by atoms with Gasteiger partial charge in [-0.2, -0.15) is 11.8 Å². The molecule has 106 valence electrons. The number of hydrogen-bond acceptors (Lipinski definition) is 4. The quantitative estimate of drug-likeness (QED) is 0.789. The summed E-state index contributed by atoms with van der Waals surface area (Å²) in [6, 6.07) is 0. The van der Waals surface area contributed by atoms with Gasteiger partial charge in [0.05, 0.1) is 0 Å². The maximum atomic E-state index is 12.2. The summed E-state index contributed by atoms with van der Waals surface area (Å²) in [4.78, 5) is 13.9. The van der Waals surface area contributed by atoms with E-state index >= 15 is 0 Å². The minimum Gasteiger partial charge on any atom is -0.340 e. The standard InChI is InChI=1S/C12H23NO3S2/c1-4-17-11-7-5-6-8-13(9-11)12(14)10(2)18(3,15)16/h10-11H,4-9H2,1-3H3/t10-,11-/m0/s1. The zero-order valence-corrected chi connectivity index (χ0v) is 13.0. The van der Waals surface area contributed by atoms with Crippen LogP contribution in [0.5, 0.6) is 0 Å². The molecule has 1 aliphatic rings. The van der Waals surface area contributed by atoms with Gasteiger partial charge in [-0.25, -0.2) is 8.42 Å². The summed E-state index contributed by atoms with van der Waals surface area (Å²) in [5.41, 5.74) is 0. The Morgan fingerprint density at radius 1 is 1.44 bits per heavy atom. The fourth-order valence-corrected chi connectivity index (χ4v) is 3.72. The third-order valence-electron chi connectivity index (χ3n) is 3.33. The van der Waals surface area contributed by atoms with Crippen LogP contribution in [-0.4, -0.2) is 54.8 Å². The molecule has 0 aromatic heterocycles. The fraction of sp³-hybridized carbons (Fsp3) is 0.917. The number of carbonyl (C=O) groups excluding carboxylic acids is 1. The Bertz CT molecular complexity index is 381. The van der Waals surface area contributed by atoms with Crippen LogP contribution in [0.1, 0.15) is 33.1 Å². The van der Waals surface area contributed by atoms with E-state index in [0.717, 1.165) is 31.3 Å². The molecule has 0 unspecified atom stereocenters. The number of hydrogen-bond donors (Lipinski definition) is 0. The third-order valence-corrected chi connectivity index (χ3v) is 6.01. The van der Waals surface area contributed by atoms with E-state index in [1.807, 2.05) is 11.8 Å². The molecule has 0 aliphatic carbocycles. The Hall–Kier alpha value is -0.230. The number of likely N-dealkylation sites (tertiary alicyclic amines) is 1. The highest BCUT2D eigenvalue weighted by atomic mass is 32.2. The molecule has 4 nitrogen and oxygen atoms in total. The summed E-state index contributed by atoms with van der Waals surface area (Å²) in [5, 5.41) is -0.462. The Morgan fingerprint density at radius 2 is 2.11 bits per heavy atom. The summed E-state index contributed by atoms with van der Waals surface area (Å²) in [5.74, 6) is 0.801. The molecule has 1 aliphatic heterocycles. The van der Waals surface area contributed by atoms with Crippen molar-refractivity contribution in [2.45, 2.75) is 43.6 Å². The van der Waals surface area contributed by atoms with Crippen LogP contribution in [0.3, 0.4) is 0 Å². The highest BCUT2D eigenvalue weighted by molar-refractivity contribution is 7.99. The van der Waals surface area contributed by atoms with Crippen molar-refractivity contribution >= 4 is 27.5 Å². The highest BCUT2D eigenvalue weighted by Gasteiger charge is 2.30. The first-order chi connectivity index (χ1) is 8.36. The third kappa shape index (κ3) is 4.46. The Morgan fingerprint density at radius 3 is 2.67 bits per heavy atom. The van der Waals surface area contributed by atoms with Gasteiger partial charge < -0.3 is 4.90 Å². The molecule has 1 amide bonds. The molecule has 0 N–H and O–H groups in total. The van der Waals surface area contributed by atoms with Crippen LogP contribution < -0.4 is 0 Å². The largest absolute Gasteiger partial charge is 0.340 e. The lowest BCUT2D eigenvalue weighted by Crippen LogP contribution is -2.43. The lowest BCUT2D eigenvalue weighted by atomic mass is 10.2. The van der Waals surface area contributed by atoms with E-state index in [0.29, 0.717) is 18.3 Å². The molecule has 0 spiro atoms. The number of nitrogens with zero attached hydrogens (tertiary/aromatic N) is 1. The molecular weight excluding hydrogens is 270 g/mol. The second kappa shape index (κ2) is 6.80. The first-order valence-corrected chi connectivity index (χ1v) is 9.45. The summed E-state index contributed by atoms with van der Waals surface area (Å²) in [6.07, 6.45) is 4.35. The van der Waals surface area contributed by atoms with E-state index in [9.17, 15) is 13.2 Å². The topological polar surface area (TPSA) is 54.5 Å². The van der Waals surface area contributed by atoms with Crippen molar-refractivity contribution in [3.8, 4) is 0 Å². The summed E-state index contributed by atoms with van der Waals surface area (Å²) in [7, 11) is -3.29. The van der Waals surface area contributed by atoms with Crippen molar-refractivity contribution in [3.63, 3.8) is 0 Å². The normalized spacial score (nSPS) is 23.5. The van der Waals surface area contributed by atoms with Gasteiger partial charge >= 0.3 is 0 Å². The zero-order valence-electron chi connectivity index (χ0n) is 11.4. The molecule has 1 rings (SSSR count). The number of carbonyl (C=O) groups is 1. The lowest BCUT2D eigenvalue weighted by molar-refractivity contribution is -0.130. The molecule has 0 radical (unpaired) electrons. The number of thioether (sulfide) groups is 1. The van der Waals surface area contributed by atoms with Gasteiger partial charge in [0.1, 0.15) is 5.25 Å². The molecule has 0 aromatic carbocycles. The monoisotopic (exact) mass is 293 g/mol. The number of amides is 1. The van der Waals surface area contributed by atoms with Crippen LogP contribution >= 0.6 is 11.8 Å². The molecular formula is C12H23NO3S2. The lowest BCUT2D eigenvalue weighted by Gasteiger charge is -2.26. The summed E-state index contributed by atoms with van der Waals surface area (Å²) >= 11 is 1.86. The van der Waals surface area contributed by atoms with E-state index in [1.165, 1.54) is 6.92 Å². The zero-order chi connectivity index (χ0) is 13.8. The van der Waals surface area contributed by atoms with Crippen molar-refractivity contribution in [1.82, 2.24) is 4.90 Å². The molecule has 0 saturated carbocycles. The van der Waals surface area contributed by atoms with Crippen molar-refractivity contribution in [1.29, 1.82) is 0 Å². The Balaban J connectivity index is 2.71. The second-order valence-corrected chi connectivity index (χ2v) is 8.77. The molecule has 18 heavy (non-hydrogen) atoms. The van der Waals surface area contributed by atoms with Gasteiger partial charge in [0, 0.05) is 24.6 Å². The Kier molecular flexibility index (Phi) is 5.98. The molecule has 1 fully saturated rings. The van der Waals surface area contributed by atoms with Gasteiger partial charge in [-0.1, -0.05) is 13.3 Å². The van der Waals surface area contributed by atoms with Gasteiger partial charge in [0.15, 0.2) is 9.84 Å². The molecule has 0 bridgehead atoms. The van der Waals surface area contributed by atoms with E-state index in [-0.39, 0.29) is 5.91 Å². The molecule has 1 heterocycles. The summed E-state index contributed by atoms with van der Waals surface area (Å²) < 4.78 is 22.9. The van der Waals surface area contributed by atoms with E-state index in [4.69, 9.17) is 0 Å². The van der Waals surface area contributed by atoms with Crippen molar-refractivity contribution < 1.29 is 13.2 Å². The molecule has 6 heteroatoms. The molecule has 1 saturated heterocycles. The van der Waals surface area contributed by atoms with Crippen molar-refractivity contribution in [3.05, 3.63) is 0 Å². The number of sulfone groups is 1. The van der Waals surface area contributed by atoms with Crippen LogP contribution in [0, 0.1) is 0 Å². The van der Waals surface area contributed by atoms with Crippen molar-refractivity contribution in [2.24, 2.45) is 0 Å². The first-order valence-electron chi connectivity index (χ1n) is 6.45. The predicted octanol–water partition coefficient (Wildman–Crippen LogP) is 1.55. The van der Waals surface area contributed by atoms with Crippen LogP contribution in [0.4, 0.5) is 0 Å². The van der Waals surface area contributed by atoms with Crippen LogP contribution in [0.2, 0.25) is 0 Å². The van der Waals surface area contributed by atoms with E-state index in [1.54, 1.807) is 4.90 Å².